The van der Waals surface area contributed by atoms with Crippen molar-refractivity contribution in [2.24, 2.45) is 0 Å². The lowest BCUT2D eigenvalue weighted by Gasteiger charge is -2.01. The van der Waals surface area contributed by atoms with Gasteiger partial charge in [0.2, 0.25) is 0 Å². The third-order valence-electron chi connectivity index (χ3n) is 1.46. The molecule has 0 aliphatic rings. The Hall–Kier alpha value is -0.810. The van der Waals surface area contributed by atoms with Crippen LogP contribution in [-0.2, 0) is 0 Å². The molecular formula is C9H4Br2NO2. The Morgan fingerprint density at radius 2 is 2.14 bits per heavy atom. The lowest BCUT2D eigenvalue weighted by Crippen LogP contribution is -1.83. The van der Waals surface area contributed by atoms with Crippen molar-refractivity contribution in [1.29, 1.82) is 0 Å². The molecule has 1 aromatic heterocycles. The predicted molar refractivity (Wildman–Crippen MR) is 57.3 cm³/mol. The van der Waals surface area contributed by atoms with Crippen LogP contribution in [0.25, 0.3) is 0 Å². The van der Waals surface area contributed by atoms with Crippen LogP contribution in [0.15, 0.2) is 37.8 Å². The first-order chi connectivity index (χ1) is 6.75. The van der Waals surface area contributed by atoms with Crippen LogP contribution in [0, 0.1) is 6.20 Å². The molecule has 71 valence electrons. The van der Waals surface area contributed by atoms with E-state index in [4.69, 9.17) is 9.15 Å². The fourth-order valence-electron chi connectivity index (χ4n) is 0.870. The largest absolute Gasteiger partial charge is 0.417 e. The second kappa shape index (κ2) is 4.14. The summed E-state index contributed by atoms with van der Waals surface area (Å²) >= 11 is 6.72. The first kappa shape index (κ1) is 9.73. The summed E-state index contributed by atoms with van der Waals surface area (Å²) < 4.78 is 12.1. The van der Waals surface area contributed by atoms with Crippen LogP contribution in [0.4, 0.5) is 0 Å². The first-order valence-electron chi connectivity index (χ1n) is 3.70. The molecule has 0 N–H and O–H groups in total. The maximum atomic E-state index is 5.29. The van der Waals surface area contributed by atoms with E-state index in [1.807, 2.05) is 12.1 Å². The second-order valence-corrected chi connectivity index (χ2v) is 4.13. The summed E-state index contributed by atoms with van der Waals surface area (Å²) in [4.78, 5) is 3.72. The van der Waals surface area contributed by atoms with Gasteiger partial charge in [0.05, 0.1) is 0 Å². The van der Waals surface area contributed by atoms with Crippen LogP contribution >= 0.6 is 31.9 Å². The highest BCUT2D eigenvalue weighted by molar-refractivity contribution is 9.13. The van der Waals surface area contributed by atoms with Crippen molar-refractivity contribution >= 4 is 31.9 Å². The number of halogens is 2. The van der Waals surface area contributed by atoms with Gasteiger partial charge in [-0.1, -0.05) is 0 Å². The van der Waals surface area contributed by atoms with Crippen LogP contribution in [0.2, 0.25) is 0 Å². The van der Waals surface area contributed by atoms with Gasteiger partial charge in [0.1, 0.15) is 18.2 Å². The minimum atomic E-state index is 0.180. The summed E-state index contributed by atoms with van der Waals surface area (Å²) in [6, 6.07) is 5.49. The Balaban J connectivity index is 2.22. The van der Waals surface area contributed by atoms with E-state index >= 15 is 0 Å². The van der Waals surface area contributed by atoms with Crippen LogP contribution in [0.5, 0.6) is 11.8 Å². The van der Waals surface area contributed by atoms with E-state index in [9.17, 15) is 0 Å². The van der Waals surface area contributed by atoms with Gasteiger partial charge in [-0.25, -0.2) is 0 Å². The number of benzene rings is 1. The molecule has 0 aliphatic carbocycles. The zero-order chi connectivity index (χ0) is 9.97. The lowest BCUT2D eigenvalue weighted by molar-refractivity contribution is 0.330. The zero-order valence-corrected chi connectivity index (χ0v) is 10.0. The van der Waals surface area contributed by atoms with Gasteiger partial charge < -0.3 is 9.15 Å². The smallest absolute Gasteiger partial charge is 0.399 e. The van der Waals surface area contributed by atoms with E-state index in [1.54, 1.807) is 6.07 Å². The first-order valence-corrected chi connectivity index (χ1v) is 5.29. The normalized spacial score (nSPS) is 10.1. The molecule has 5 heteroatoms. The average molecular weight is 318 g/mol. The Labute approximate surface area is 97.4 Å². The number of rotatable bonds is 2. The Bertz CT molecular complexity index is 428. The molecular weight excluding hydrogens is 314 g/mol. The van der Waals surface area contributed by atoms with Crippen molar-refractivity contribution in [2.45, 2.75) is 0 Å². The van der Waals surface area contributed by atoms with Crippen molar-refractivity contribution in [2.75, 3.05) is 0 Å². The number of ether oxygens (including phenoxy) is 1. The van der Waals surface area contributed by atoms with Crippen molar-refractivity contribution in [1.82, 2.24) is 4.98 Å². The molecule has 0 bridgehead atoms. The summed E-state index contributed by atoms with van der Waals surface area (Å²) in [5.41, 5.74) is 0. The standard InChI is InChI=1S/C9H4Br2NO2/c10-7-2-1-6(5-8(7)11)14-9-12-3-4-13-9/h1-2,4-5H. The second-order valence-electron chi connectivity index (χ2n) is 2.42. The highest BCUT2D eigenvalue weighted by atomic mass is 79.9. The Morgan fingerprint density at radius 1 is 1.29 bits per heavy atom. The molecule has 0 amide bonds. The molecule has 1 radical (unpaired) electrons. The average Bonchev–Trinajstić information content (AvgIpc) is 2.64. The molecule has 0 aliphatic heterocycles. The number of hydrogen-bond acceptors (Lipinski definition) is 3. The molecule has 2 aromatic rings. The van der Waals surface area contributed by atoms with Crippen molar-refractivity contribution < 1.29 is 9.15 Å². The number of aromatic nitrogens is 1. The summed E-state index contributed by atoms with van der Waals surface area (Å²) in [6.07, 6.45) is 4.03. The van der Waals surface area contributed by atoms with Crippen LogP contribution in [0.3, 0.4) is 0 Å². The van der Waals surface area contributed by atoms with Gasteiger partial charge in [0.25, 0.3) is 0 Å². The molecule has 2 rings (SSSR count). The van der Waals surface area contributed by atoms with Crippen molar-refractivity contribution in [3.8, 4) is 11.8 Å². The lowest BCUT2D eigenvalue weighted by atomic mass is 10.3. The summed E-state index contributed by atoms with van der Waals surface area (Å²) in [7, 11) is 0. The molecule has 1 aromatic carbocycles. The maximum Gasteiger partial charge on any atom is 0.399 e. The van der Waals surface area contributed by atoms with E-state index < -0.39 is 0 Å². The number of hydrogen-bond donors (Lipinski definition) is 0. The zero-order valence-electron chi connectivity index (χ0n) is 6.83. The molecule has 14 heavy (non-hydrogen) atoms. The summed E-state index contributed by atoms with van der Waals surface area (Å²) in [6.45, 7) is 0. The fraction of sp³-hybridized carbons (Fsp3) is 0. The third kappa shape index (κ3) is 2.16. The minimum absolute atomic E-state index is 0.180. The molecule has 3 nitrogen and oxygen atoms in total. The number of oxazole rings is 1. The van der Waals surface area contributed by atoms with Gasteiger partial charge >= 0.3 is 6.08 Å². The molecule has 0 saturated carbocycles. The third-order valence-corrected chi connectivity index (χ3v) is 3.34. The van der Waals surface area contributed by atoms with Gasteiger partial charge in [-0.05, 0) is 50.1 Å². The number of nitrogens with zero attached hydrogens (tertiary/aromatic N) is 1. The van der Waals surface area contributed by atoms with Gasteiger partial charge in [-0.2, -0.15) is 4.98 Å². The van der Waals surface area contributed by atoms with E-state index in [1.165, 1.54) is 6.26 Å². The van der Waals surface area contributed by atoms with Crippen molar-refractivity contribution in [3.05, 3.63) is 39.6 Å². The molecule has 0 unspecified atom stereocenters. The van der Waals surface area contributed by atoms with E-state index in [0.717, 1.165) is 8.95 Å². The SMILES string of the molecule is Brc1ccc(Oc2n[c]co2)cc1Br. The van der Waals surface area contributed by atoms with Crippen LogP contribution < -0.4 is 4.74 Å². The van der Waals surface area contributed by atoms with Crippen LogP contribution in [-0.4, -0.2) is 4.98 Å². The monoisotopic (exact) mass is 316 g/mol. The van der Waals surface area contributed by atoms with Crippen molar-refractivity contribution in [3.63, 3.8) is 0 Å². The molecule has 0 atom stereocenters. The predicted octanol–water partition coefficient (Wildman–Crippen LogP) is 3.79. The minimum Gasteiger partial charge on any atom is -0.417 e. The Morgan fingerprint density at radius 3 is 2.79 bits per heavy atom. The highest BCUT2D eigenvalue weighted by Gasteiger charge is 2.03. The maximum absolute atomic E-state index is 5.29. The van der Waals surface area contributed by atoms with E-state index in [2.05, 4.69) is 43.0 Å². The van der Waals surface area contributed by atoms with Gasteiger partial charge in [0.15, 0.2) is 0 Å². The molecule has 1 heterocycles. The van der Waals surface area contributed by atoms with Gasteiger partial charge in [-0.3, -0.25) is 0 Å². The van der Waals surface area contributed by atoms with Crippen LogP contribution in [0.1, 0.15) is 0 Å². The summed E-state index contributed by atoms with van der Waals surface area (Å²) in [5.74, 6) is 0.649. The van der Waals surface area contributed by atoms with E-state index in [0.29, 0.717) is 5.75 Å². The highest BCUT2D eigenvalue weighted by Crippen LogP contribution is 2.29. The van der Waals surface area contributed by atoms with Gasteiger partial charge in [0, 0.05) is 8.95 Å². The quantitative estimate of drug-likeness (QED) is 0.845. The van der Waals surface area contributed by atoms with E-state index in [-0.39, 0.29) is 6.08 Å². The molecule has 0 saturated heterocycles. The topological polar surface area (TPSA) is 35.3 Å². The molecule has 0 fully saturated rings. The fourth-order valence-corrected chi connectivity index (χ4v) is 1.47. The van der Waals surface area contributed by atoms with Gasteiger partial charge in [-0.15, -0.1) is 0 Å². The molecule has 0 spiro atoms. The Kier molecular flexibility index (Phi) is 2.88. The summed E-state index contributed by atoms with van der Waals surface area (Å²) in [5, 5.41) is 0.